The molecular weight excluding hydrogens is 1110 g/mol. The molecule has 0 aliphatic heterocycles. The number of phosphoric ester groups is 2. The van der Waals surface area contributed by atoms with Gasteiger partial charge >= 0.3 is 39.5 Å². The molecule has 0 radical (unpaired) electrons. The van der Waals surface area contributed by atoms with Gasteiger partial charge in [-0.3, -0.25) is 37.3 Å². The van der Waals surface area contributed by atoms with Gasteiger partial charge in [0.2, 0.25) is 0 Å². The topological polar surface area (TPSA) is 237 Å². The van der Waals surface area contributed by atoms with Gasteiger partial charge in [-0.2, -0.15) is 0 Å². The Bertz CT molecular complexity index is 1620. The summed E-state index contributed by atoms with van der Waals surface area (Å²) in [6.45, 7) is 4.83. The van der Waals surface area contributed by atoms with Crippen LogP contribution < -0.4 is 0 Å². The third-order valence-corrected chi connectivity index (χ3v) is 17.0. The van der Waals surface area contributed by atoms with E-state index in [-0.39, 0.29) is 25.7 Å². The summed E-state index contributed by atoms with van der Waals surface area (Å²) in [5, 5.41) is 10.5. The minimum absolute atomic E-state index is 0.104. The van der Waals surface area contributed by atoms with Gasteiger partial charge in [0, 0.05) is 25.7 Å². The fourth-order valence-electron chi connectivity index (χ4n) is 9.81. The van der Waals surface area contributed by atoms with Crippen LogP contribution in [0.5, 0.6) is 0 Å². The fourth-order valence-corrected chi connectivity index (χ4v) is 11.4. The summed E-state index contributed by atoms with van der Waals surface area (Å²) in [7, 11) is -9.88. The zero-order chi connectivity index (χ0) is 61.9. The zero-order valence-corrected chi connectivity index (χ0v) is 55.7. The van der Waals surface area contributed by atoms with E-state index >= 15 is 0 Å². The minimum atomic E-state index is -4.94. The number of aliphatic hydroxyl groups is 1. The molecule has 0 spiro atoms. The molecule has 3 N–H and O–H groups in total. The number of esters is 4. The number of aliphatic hydroxyl groups excluding tert-OH is 1. The maximum Gasteiger partial charge on any atom is 0.472 e. The van der Waals surface area contributed by atoms with Gasteiger partial charge in [0.05, 0.1) is 26.4 Å². The first kappa shape index (κ1) is 82.1. The zero-order valence-electron chi connectivity index (χ0n) is 53.9. The summed E-state index contributed by atoms with van der Waals surface area (Å²) in [6, 6.07) is 0. The first-order valence-electron chi connectivity index (χ1n) is 34.3. The Balaban J connectivity index is 5.16. The Labute approximate surface area is 511 Å². The van der Waals surface area contributed by atoms with E-state index in [9.17, 15) is 43.2 Å². The van der Waals surface area contributed by atoms with Crippen molar-refractivity contribution in [3.8, 4) is 0 Å². The Morgan fingerprint density at radius 1 is 0.286 bits per heavy atom. The van der Waals surface area contributed by atoms with Crippen LogP contribution in [0.3, 0.4) is 0 Å². The second-order valence-electron chi connectivity index (χ2n) is 23.5. The van der Waals surface area contributed by atoms with E-state index in [0.717, 1.165) is 116 Å². The Morgan fingerprint density at radius 3 is 0.702 bits per heavy atom. The van der Waals surface area contributed by atoms with E-state index in [1.54, 1.807) is 0 Å². The number of hydrogen-bond acceptors (Lipinski definition) is 15. The summed E-state index contributed by atoms with van der Waals surface area (Å²) >= 11 is 0. The highest BCUT2D eigenvalue weighted by atomic mass is 31.2. The smallest absolute Gasteiger partial charge is 0.462 e. The van der Waals surface area contributed by atoms with Crippen LogP contribution in [0.2, 0.25) is 0 Å². The summed E-state index contributed by atoms with van der Waals surface area (Å²) in [5.41, 5.74) is 0. The molecule has 2 unspecified atom stereocenters. The van der Waals surface area contributed by atoms with Gasteiger partial charge < -0.3 is 33.8 Å². The lowest BCUT2D eigenvalue weighted by Crippen LogP contribution is -2.30. The molecule has 0 amide bonds. The van der Waals surface area contributed by atoms with E-state index in [0.29, 0.717) is 25.7 Å². The fraction of sp³-hybridized carbons (Fsp3) is 0.938. The Morgan fingerprint density at radius 2 is 0.476 bits per heavy atom. The van der Waals surface area contributed by atoms with Crippen LogP contribution in [0.15, 0.2) is 0 Å². The molecule has 19 heteroatoms. The number of carbonyl (C=O) groups excluding carboxylic acids is 4. The summed E-state index contributed by atoms with van der Waals surface area (Å²) in [4.78, 5) is 72.0. The summed E-state index contributed by atoms with van der Waals surface area (Å²) in [6.07, 6.45) is 46.0. The quantitative estimate of drug-likeness (QED) is 0.0222. The van der Waals surface area contributed by atoms with Crippen LogP contribution in [-0.4, -0.2) is 96.7 Å². The molecule has 0 aromatic carbocycles. The van der Waals surface area contributed by atoms with Crippen molar-refractivity contribution < 1.29 is 80.2 Å². The van der Waals surface area contributed by atoms with Gasteiger partial charge in [-0.15, -0.1) is 0 Å². The highest BCUT2D eigenvalue weighted by Gasteiger charge is 2.30. The molecule has 0 aromatic rings. The minimum Gasteiger partial charge on any atom is -0.462 e. The number of hydrogen-bond donors (Lipinski definition) is 3. The molecule has 498 valence electrons. The molecule has 17 nitrogen and oxygen atoms in total. The standard InChI is InChI=1S/C65H126O17P2/c1-5-9-13-17-21-23-25-27-29-31-33-35-39-42-46-50-63(68)76-56-61(82-65(70)52-48-44-40-36-34-32-30-28-26-24-22-18-14-10-6-2)58-80-84(73,74)78-54-59(66)53-77-83(71,72)79-57-60(81-64(69)51-47-43-38-20-16-12-8-4)55-75-62(67)49-45-41-37-19-15-11-7-3/h59-61,66H,5-58H2,1-4H3,(H,71,72)(H,73,74)/t59-,60+,61+/m0/s1. The van der Waals surface area contributed by atoms with Crippen molar-refractivity contribution in [3.05, 3.63) is 0 Å². The largest absolute Gasteiger partial charge is 0.472 e. The second-order valence-corrected chi connectivity index (χ2v) is 26.4. The van der Waals surface area contributed by atoms with Gasteiger partial charge in [0.1, 0.15) is 19.3 Å². The van der Waals surface area contributed by atoms with Crippen molar-refractivity contribution in [2.45, 2.75) is 354 Å². The highest BCUT2D eigenvalue weighted by molar-refractivity contribution is 7.47. The number of carbonyl (C=O) groups is 4. The third kappa shape index (κ3) is 59.0. The van der Waals surface area contributed by atoms with E-state index in [2.05, 4.69) is 27.7 Å². The lowest BCUT2D eigenvalue weighted by Gasteiger charge is -2.21. The van der Waals surface area contributed by atoms with Crippen molar-refractivity contribution in [1.82, 2.24) is 0 Å². The van der Waals surface area contributed by atoms with Crippen LogP contribution in [0.4, 0.5) is 0 Å². The maximum atomic E-state index is 13.0. The second kappa shape index (κ2) is 60.0. The molecule has 0 aromatic heterocycles. The molecular formula is C65H126O17P2. The molecule has 0 aliphatic carbocycles. The van der Waals surface area contributed by atoms with Crippen LogP contribution in [0.1, 0.15) is 336 Å². The van der Waals surface area contributed by atoms with Crippen molar-refractivity contribution in [2.75, 3.05) is 39.6 Å². The highest BCUT2D eigenvalue weighted by Crippen LogP contribution is 2.45. The molecule has 5 atom stereocenters. The Hall–Kier alpha value is -1.94. The number of rotatable bonds is 66. The van der Waals surface area contributed by atoms with Gasteiger partial charge in [-0.1, -0.05) is 285 Å². The van der Waals surface area contributed by atoms with Crippen LogP contribution in [-0.2, 0) is 65.4 Å². The lowest BCUT2D eigenvalue weighted by atomic mass is 10.0. The van der Waals surface area contributed by atoms with Crippen LogP contribution >= 0.6 is 15.6 Å². The third-order valence-electron chi connectivity index (χ3n) is 15.1. The van der Waals surface area contributed by atoms with Crippen LogP contribution in [0.25, 0.3) is 0 Å². The number of phosphoric acid groups is 2. The van der Waals surface area contributed by atoms with Gasteiger partial charge in [-0.25, -0.2) is 9.13 Å². The molecule has 0 heterocycles. The van der Waals surface area contributed by atoms with Gasteiger partial charge in [-0.05, 0) is 25.7 Å². The average Bonchev–Trinajstić information content (AvgIpc) is 3.54. The lowest BCUT2D eigenvalue weighted by molar-refractivity contribution is -0.161. The van der Waals surface area contributed by atoms with E-state index in [1.165, 1.54) is 141 Å². The van der Waals surface area contributed by atoms with Crippen molar-refractivity contribution in [2.24, 2.45) is 0 Å². The Kier molecular flexibility index (Phi) is 58.6. The average molecular weight is 1240 g/mol. The van der Waals surface area contributed by atoms with Crippen molar-refractivity contribution >= 4 is 39.5 Å². The van der Waals surface area contributed by atoms with Crippen molar-refractivity contribution in [1.29, 1.82) is 0 Å². The van der Waals surface area contributed by atoms with E-state index < -0.39 is 97.5 Å². The molecule has 0 saturated heterocycles. The van der Waals surface area contributed by atoms with Gasteiger partial charge in [0.25, 0.3) is 0 Å². The molecule has 84 heavy (non-hydrogen) atoms. The summed E-state index contributed by atoms with van der Waals surface area (Å²) < 4.78 is 67.9. The SMILES string of the molecule is CCCCCCCCCCCCCCCCCC(=O)OC[C@H](COP(=O)(O)OC[C@@H](O)COP(=O)(O)OC[C@@H](COC(=O)CCCCCCCCC)OC(=O)CCCCCCCCC)OC(=O)CCCCCCCCCCCCCCCCC. The molecule has 0 saturated carbocycles. The van der Waals surface area contributed by atoms with Crippen LogP contribution in [0, 0.1) is 0 Å². The predicted molar refractivity (Wildman–Crippen MR) is 335 cm³/mol. The van der Waals surface area contributed by atoms with E-state index in [1.807, 2.05) is 0 Å². The summed E-state index contributed by atoms with van der Waals surface area (Å²) in [5.74, 6) is -2.14. The molecule has 0 fully saturated rings. The van der Waals surface area contributed by atoms with E-state index in [4.69, 9.17) is 37.0 Å². The van der Waals surface area contributed by atoms with Gasteiger partial charge in [0.15, 0.2) is 12.2 Å². The molecule has 0 aliphatic rings. The monoisotopic (exact) mass is 1240 g/mol. The predicted octanol–water partition coefficient (Wildman–Crippen LogP) is 18.3. The van der Waals surface area contributed by atoms with Crippen molar-refractivity contribution in [3.63, 3.8) is 0 Å². The molecule has 0 bridgehead atoms. The maximum absolute atomic E-state index is 13.0. The number of ether oxygens (including phenoxy) is 4. The first-order valence-corrected chi connectivity index (χ1v) is 37.3. The number of unbranched alkanes of at least 4 members (excludes halogenated alkanes) is 40. The normalized spacial score (nSPS) is 14.1. The molecule has 0 rings (SSSR count). The first-order chi connectivity index (χ1) is 40.7.